The van der Waals surface area contributed by atoms with Gasteiger partial charge in [0.05, 0.1) is 25.3 Å². The molecule has 204 valence electrons. The number of amides is 1. The highest BCUT2D eigenvalue weighted by Crippen LogP contribution is 2.39. The maximum absolute atomic E-state index is 15.4. The van der Waals surface area contributed by atoms with Gasteiger partial charge in [0.1, 0.15) is 5.75 Å². The molecule has 0 aliphatic carbocycles. The number of nitrogens with zero attached hydrogens (tertiary/aromatic N) is 3. The number of anilines is 2. The number of rotatable bonds is 7. The molecule has 0 spiro atoms. The van der Waals surface area contributed by atoms with Crippen molar-refractivity contribution in [3.63, 3.8) is 0 Å². The van der Waals surface area contributed by atoms with E-state index in [2.05, 4.69) is 44.6 Å². The van der Waals surface area contributed by atoms with Gasteiger partial charge in [0, 0.05) is 53.6 Å². The summed E-state index contributed by atoms with van der Waals surface area (Å²) in [5, 5.41) is 14.1. The Morgan fingerprint density at radius 2 is 1.77 bits per heavy atom. The van der Waals surface area contributed by atoms with Gasteiger partial charge >= 0.3 is 0 Å². The number of H-pyrrole nitrogens is 1. The quantitative estimate of drug-likeness (QED) is 0.315. The molecule has 3 heterocycles. The van der Waals surface area contributed by atoms with Crippen molar-refractivity contribution in [3.8, 4) is 22.8 Å². The Morgan fingerprint density at radius 3 is 2.41 bits per heavy atom. The summed E-state index contributed by atoms with van der Waals surface area (Å²) in [5.74, 6) is 0.158. The Morgan fingerprint density at radius 1 is 1.08 bits per heavy atom. The number of benzene rings is 2. The number of aromatic nitrogens is 3. The Kier molecular flexibility index (Phi) is 7.38. The van der Waals surface area contributed by atoms with Gasteiger partial charge in [0.15, 0.2) is 23.0 Å². The highest BCUT2D eigenvalue weighted by atomic mass is 19.1. The third kappa shape index (κ3) is 5.12. The first-order valence-electron chi connectivity index (χ1n) is 13.0. The standard InChI is InChI=1S/C29H33FN6O3/c1-6-20-23(38-4)13-24(39-5)26(30)25(20)22-12-11-21-27(32-22)34-35-28(21)33-29(37)18-7-9-19(10-8-18)36-14-16(2)31-17(3)15-36/h7-13,16-17,31H,6,14-15H2,1-5H3,(H2,32,33,34,35,37)/t16-,17+. The first kappa shape index (κ1) is 26.4. The van der Waals surface area contributed by atoms with E-state index in [4.69, 9.17) is 9.47 Å². The molecule has 1 aliphatic heterocycles. The van der Waals surface area contributed by atoms with Gasteiger partial charge in [0.25, 0.3) is 5.91 Å². The van der Waals surface area contributed by atoms with E-state index >= 15 is 4.39 Å². The van der Waals surface area contributed by atoms with Crippen LogP contribution in [0.4, 0.5) is 15.9 Å². The van der Waals surface area contributed by atoms with Crippen molar-refractivity contribution in [2.45, 2.75) is 39.3 Å². The number of fused-ring (bicyclic) bond motifs is 1. The molecule has 2 aromatic heterocycles. The molecule has 5 rings (SSSR count). The third-order valence-electron chi connectivity index (χ3n) is 7.05. The van der Waals surface area contributed by atoms with Crippen LogP contribution in [0.25, 0.3) is 22.3 Å². The molecule has 0 unspecified atom stereocenters. The monoisotopic (exact) mass is 532 g/mol. The number of nitrogens with one attached hydrogen (secondary N) is 3. The van der Waals surface area contributed by atoms with E-state index in [1.54, 1.807) is 12.1 Å². The molecule has 39 heavy (non-hydrogen) atoms. The minimum absolute atomic E-state index is 0.0745. The zero-order valence-electron chi connectivity index (χ0n) is 22.8. The van der Waals surface area contributed by atoms with Crippen molar-refractivity contribution in [3.05, 3.63) is 59.4 Å². The minimum atomic E-state index is -0.511. The maximum Gasteiger partial charge on any atom is 0.256 e. The first-order chi connectivity index (χ1) is 18.8. The van der Waals surface area contributed by atoms with Crippen LogP contribution in [0.5, 0.6) is 11.5 Å². The van der Waals surface area contributed by atoms with Crippen molar-refractivity contribution in [2.75, 3.05) is 37.5 Å². The number of ether oxygens (including phenoxy) is 2. The van der Waals surface area contributed by atoms with Crippen molar-refractivity contribution in [1.82, 2.24) is 20.5 Å². The Hall–Kier alpha value is -4.18. The van der Waals surface area contributed by atoms with Crippen LogP contribution < -0.4 is 25.0 Å². The van der Waals surface area contributed by atoms with Gasteiger partial charge in [0.2, 0.25) is 0 Å². The molecule has 1 saturated heterocycles. The lowest BCUT2D eigenvalue weighted by Gasteiger charge is -2.37. The third-order valence-corrected chi connectivity index (χ3v) is 7.05. The number of halogens is 1. The summed E-state index contributed by atoms with van der Waals surface area (Å²) in [6, 6.07) is 13.4. The Balaban J connectivity index is 1.39. The zero-order chi connectivity index (χ0) is 27.7. The van der Waals surface area contributed by atoms with Crippen molar-refractivity contribution in [2.24, 2.45) is 0 Å². The van der Waals surface area contributed by atoms with E-state index in [1.807, 2.05) is 31.2 Å². The van der Waals surface area contributed by atoms with Crippen LogP contribution in [-0.2, 0) is 6.42 Å². The molecule has 2 aromatic carbocycles. The first-order valence-corrected chi connectivity index (χ1v) is 13.0. The molecule has 1 aliphatic rings. The van der Waals surface area contributed by atoms with Gasteiger partial charge in [-0.3, -0.25) is 9.89 Å². The topological polar surface area (TPSA) is 104 Å². The predicted molar refractivity (Wildman–Crippen MR) is 150 cm³/mol. The Labute approximate surface area is 226 Å². The van der Waals surface area contributed by atoms with E-state index in [1.165, 1.54) is 20.3 Å². The summed E-state index contributed by atoms with van der Waals surface area (Å²) in [5.41, 5.74) is 3.43. The molecule has 0 saturated carbocycles. The van der Waals surface area contributed by atoms with E-state index in [-0.39, 0.29) is 11.7 Å². The second kappa shape index (κ2) is 10.9. The van der Waals surface area contributed by atoms with Crippen LogP contribution in [0, 0.1) is 5.82 Å². The van der Waals surface area contributed by atoms with Crippen LogP contribution in [0.15, 0.2) is 42.5 Å². The lowest BCUT2D eigenvalue weighted by Crippen LogP contribution is -2.54. The van der Waals surface area contributed by atoms with Gasteiger partial charge in [-0.2, -0.15) is 5.10 Å². The average molecular weight is 533 g/mol. The number of piperazine rings is 1. The smallest absolute Gasteiger partial charge is 0.256 e. The van der Waals surface area contributed by atoms with E-state index < -0.39 is 5.82 Å². The zero-order valence-corrected chi connectivity index (χ0v) is 22.8. The number of carbonyl (C=O) groups is 1. The number of carbonyl (C=O) groups excluding carboxylic acids is 1. The highest BCUT2D eigenvalue weighted by Gasteiger charge is 2.23. The number of hydrogen-bond donors (Lipinski definition) is 3. The summed E-state index contributed by atoms with van der Waals surface area (Å²) in [6.07, 6.45) is 0.537. The average Bonchev–Trinajstić information content (AvgIpc) is 3.33. The van der Waals surface area contributed by atoms with Crippen LogP contribution in [0.2, 0.25) is 0 Å². The molecular formula is C29H33FN6O3. The van der Waals surface area contributed by atoms with Gasteiger partial charge in [-0.1, -0.05) is 6.92 Å². The second-order valence-corrected chi connectivity index (χ2v) is 9.84. The van der Waals surface area contributed by atoms with Gasteiger partial charge in [-0.15, -0.1) is 0 Å². The molecule has 9 nitrogen and oxygen atoms in total. The number of aromatic amines is 1. The fourth-order valence-electron chi connectivity index (χ4n) is 5.28. The lowest BCUT2D eigenvalue weighted by molar-refractivity contribution is 0.102. The maximum atomic E-state index is 15.4. The number of methoxy groups -OCH3 is 2. The summed E-state index contributed by atoms with van der Waals surface area (Å²) in [6.45, 7) is 8.09. The van der Waals surface area contributed by atoms with Crippen LogP contribution >= 0.6 is 0 Å². The normalized spacial score (nSPS) is 17.3. The summed E-state index contributed by atoms with van der Waals surface area (Å²) >= 11 is 0. The fourth-order valence-corrected chi connectivity index (χ4v) is 5.28. The summed E-state index contributed by atoms with van der Waals surface area (Å²) < 4.78 is 26.1. The van der Waals surface area contributed by atoms with Crippen molar-refractivity contribution < 1.29 is 18.7 Å². The highest BCUT2D eigenvalue weighted by molar-refractivity contribution is 6.07. The second-order valence-electron chi connectivity index (χ2n) is 9.84. The van der Waals surface area contributed by atoms with E-state index in [0.717, 1.165) is 18.8 Å². The lowest BCUT2D eigenvalue weighted by atomic mass is 9.99. The van der Waals surface area contributed by atoms with E-state index in [9.17, 15) is 4.79 Å². The molecular weight excluding hydrogens is 499 g/mol. The summed E-state index contributed by atoms with van der Waals surface area (Å²) in [4.78, 5) is 20.0. The molecule has 0 bridgehead atoms. The van der Waals surface area contributed by atoms with Gasteiger partial charge in [-0.25, -0.2) is 9.37 Å². The molecule has 4 aromatic rings. The molecule has 2 atom stereocenters. The van der Waals surface area contributed by atoms with Crippen molar-refractivity contribution >= 4 is 28.4 Å². The van der Waals surface area contributed by atoms with Gasteiger partial charge in [-0.05, 0) is 56.7 Å². The predicted octanol–water partition coefficient (Wildman–Crippen LogP) is 4.78. The molecule has 0 radical (unpaired) electrons. The SMILES string of the molecule is CCc1c(OC)cc(OC)c(F)c1-c1ccc2c(NC(=O)c3ccc(N4C[C@@H](C)N[C@@H](C)C4)cc3)n[nH]c2n1. The number of pyridine rings is 1. The van der Waals surface area contributed by atoms with E-state index in [0.29, 0.717) is 63.5 Å². The van der Waals surface area contributed by atoms with Crippen LogP contribution in [-0.4, -0.2) is 60.5 Å². The Bertz CT molecular complexity index is 1490. The molecule has 1 amide bonds. The van der Waals surface area contributed by atoms with Crippen LogP contribution in [0.3, 0.4) is 0 Å². The van der Waals surface area contributed by atoms with Crippen LogP contribution in [0.1, 0.15) is 36.7 Å². The molecule has 1 fully saturated rings. The fraction of sp³-hybridized carbons (Fsp3) is 0.345. The minimum Gasteiger partial charge on any atom is -0.496 e. The molecule has 10 heteroatoms. The van der Waals surface area contributed by atoms with Gasteiger partial charge < -0.3 is 25.0 Å². The van der Waals surface area contributed by atoms with Crippen molar-refractivity contribution in [1.29, 1.82) is 0 Å². The summed E-state index contributed by atoms with van der Waals surface area (Å²) in [7, 11) is 2.95. The molecule has 3 N–H and O–H groups in total. The number of hydrogen-bond acceptors (Lipinski definition) is 7. The largest absolute Gasteiger partial charge is 0.496 e.